The first-order chi connectivity index (χ1) is 13.9. The van der Waals surface area contributed by atoms with Crippen molar-refractivity contribution < 1.29 is 0 Å². The molecule has 6 heteroatoms. The van der Waals surface area contributed by atoms with Gasteiger partial charge in [-0.15, -0.1) is 0 Å². The molecule has 0 aliphatic carbocycles. The third kappa shape index (κ3) is 3.58. The van der Waals surface area contributed by atoms with Crippen molar-refractivity contribution in [2.24, 2.45) is 0 Å². The summed E-state index contributed by atoms with van der Waals surface area (Å²) in [7, 11) is 3.90. The molecule has 142 valence electrons. The highest BCUT2D eigenvalue weighted by Crippen LogP contribution is 2.34. The molecule has 0 bridgehead atoms. The third-order valence-electron chi connectivity index (χ3n) is 4.68. The van der Waals surface area contributed by atoms with Crippen molar-refractivity contribution in [3.63, 3.8) is 0 Å². The molecule has 4 aromatic rings. The number of nitriles is 1. The predicted molar refractivity (Wildman–Crippen MR) is 115 cm³/mol. The van der Waals surface area contributed by atoms with Gasteiger partial charge in [-0.3, -0.25) is 4.79 Å². The molecular weight excluding hydrogens is 362 g/mol. The van der Waals surface area contributed by atoms with Crippen LogP contribution in [0.3, 0.4) is 0 Å². The number of hydrogen-bond acceptors (Lipinski definition) is 5. The van der Waals surface area contributed by atoms with E-state index in [-0.39, 0.29) is 5.56 Å². The lowest BCUT2D eigenvalue weighted by Gasteiger charge is -2.16. The summed E-state index contributed by atoms with van der Waals surface area (Å²) < 4.78 is 0. The third-order valence-corrected chi connectivity index (χ3v) is 4.68. The Bertz CT molecular complexity index is 1330. The second-order valence-corrected chi connectivity index (χ2v) is 7.09. The lowest BCUT2D eigenvalue weighted by molar-refractivity contribution is 1.05. The molecule has 0 spiro atoms. The summed E-state index contributed by atoms with van der Waals surface area (Å²) in [6.07, 6.45) is 0. The fourth-order valence-electron chi connectivity index (χ4n) is 3.29. The average Bonchev–Trinajstić information content (AvgIpc) is 2.72. The minimum Gasteiger partial charge on any atom is -0.363 e. The predicted octanol–water partition coefficient (Wildman–Crippen LogP) is 3.90. The van der Waals surface area contributed by atoms with Gasteiger partial charge in [0.2, 0.25) is 5.56 Å². The molecule has 1 N–H and O–H groups in total. The topological polar surface area (TPSA) is 85.7 Å². The maximum Gasteiger partial charge on any atom is 0.249 e. The smallest absolute Gasteiger partial charge is 0.249 e. The van der Waals surface area contributed by atoms with E-state index >= 15 is 0 Å². The van der Waals surface area contributed by atoms with Crippen LogP contribution in [0.5, 0.6) is 0 Å². The van der Waals surface area contributed by atoms with Crippen LogP contribution in [0.1, 0.15) is 11.3 Å². The van der Waals surface area contributed by atoms with E-state index in [4.69, 9.17) is 4.98 Å². The number of rotatable bonds is 3. The van der Waals surface area contributed by atoms with Crippen LogP contribution in [-0.4, -0.2) is 29.0 Å². The van der Waals surface area contributed by atoms with E-state index in [1.807, 2.05) is 56.3 Å². The molecule has 0 fully saturated rings. The highest BCUT2D eigenvalue weighted by atomic mass is 16.1. The molecule has 0 saturated heterocycles. The highest BCUT2D eigenvalue weighted by Gasteiger charge is 2.14. The molecule has 29 heavy (non-hydrogen) atoms. The second kappa shape index (κ2) is 7.21. The van der Waals surface area contributed by atoms with Gasteiger partial charge >= 0.3 is 0 Å². The SMILES string of the molecule is Cc1cc(-c2cc3ccc(=O)[nH]c3nc2-c2cccc(C#N)c2)cc(N(C)C)n1. The van der Waals surface area contributed by atoms with E-state index in [9.17, 15) is 10.1 Å². The standard InChI is InChI=1S/C23H19N5O/c1-14-9-18(12-20(25-14)28(2)3)19-11-17-7-8-21(29)26-23(17)27-22(19)16-6-4-5-15(10-16)13-24/h4-12H,1-3H3,(H,26,27,29). The summed E-state index contributed by atoms with van der Waals surface area (Å²) in [6, 6.07) is 18.8. The number of hydrogen-bond donors (Lipinski definition) is 1. The van der Waals surface area contributed by atoms with Gasteiger partial charge in [-0.1, -0.05) is 12.1 Å². The molecule has 4 rings (SSSR count). The van der Waals surface area contributed by atoms with E-state index in [1.54, 1.807) is 18.2 Å². The zero-order valence-electron chi connectivity index (χ0n) is 16.4. The van der Waals surface area contributed by atoms with Crippen LogP contribution in [0.2, 0.25) is 0 Å². The Morgan fingerprint density at radius 1 is 1.00 bits per heavy atom. The summed E-state index contributed by atoms with van der Waals surface area (Å²) in [4.78, 5) is 25.9. The lowest BCUT2D eigenvalue weighted by Crippen LogP contribution is -2.11. The molecular formula is C23H19N5O. The highest BCUT2D eigenvalue weighted by molar-refractivity contribution is 5.90. The molecule has 0 saturated carbocycles. The van der Waals surface area contributed by atoms with Crippen molar-refractivity contribution in [3.05, 3.63) is 76.2 Å². The first kappa shape index (κ1) is 18.4. The van der Waals surface area contributed by atoms with Crippen LogP contribution in [-0.2, 0) is 0 Å². The Morgan fingerprint density at radius 3 is 2.59 bits per heavy atom. The largest absolute Gasteiger partial charge is 0.363 e. The number of aromatic nitrogens is 3. The summed E-state index contributed by atoms with van der Waals surface area (Å²) in [6.45, 7) is 1.96. The minimum absolute atomic E-state index is 0.205. The zero-order valence-corrected chi connectivity index (χ0v) is 16.4. The van der Waals surface area contributed by atoms with E-state index in [1.165, 1.54) is 6.07 Å². The van der Waals surface area contributed by atoms with Gasteiger partial charge < -0.3 is 9.88 Å². The summed E-state index contributed by atoms with van der Waals surface area (Å²) in [5.74, 6) is 0.846. The second-order valence-electron chi connectivity index (χ2n) is 7.09. The summed E-state index contributed by atoms with van der Waals surface area (Å²) in [5.41, 5.74) is 5.15. The molecule has 6 nitrogen and oxygen atoms in total. The Morgan fingerprint density at radius 2 is 1.83 bits per heavy atom. The van der Waals surface area contributed by atoms with Gasteiger partial charge in [0, 0.05) is 42.4 Å². The maximum atomic E-state index is 11.8. The Balaban J connectivity index is 2.05. The van der Waals surface area contributed by atoms with Gasteiger partial charge in [-0.2, -0.15) is 5.26 Å². The number of fused-ring (bicyclic) bond motifs is 1. The van der Waals surface area contributed by atoms with Crippen molar-refractivity contribution in [1.29, 1.82) is 5.26 Å². The van der Waals surface area contributed by atoms with Crippen molar-refractivity contribution in [1.82, 2.24) is 15.0 Å². The molecule has 3 aromatic heterocycles. The summed E-state index contributed by atoms with van der Waals surface area (Å²) >= 11 is 0. The van der Waals surface area contributed by atoms with Gasteiger partial charge in [0.15, 0.2) is 0 Å². The molecule has 0 radical (unpaired) electrons. The lowest BCUT2D eigenvalue weighted by atomic mass is 9.97. The van der Waals surface area contributed by atoms with E-state index in [0.717, 1.165) is 33.6 Å². The van der Waals surface area contributed by atoms with E-state index in [0.29, 0.717) is 16.9 Å². The van der Waals surface area contributed by atoms with Crippen molar-refractivity contribution >= 4 is 16.9 Å². The molecule has 0 aliphatic heterocycles. The molecule has 0 atom stereocenters. The number of anilines is 1. The normalized spacial score (nSPS) is 10.7. The van der Waals surface area contributed by atoms with Crippen LogP contribution in [0.15, 0.2) is 59.4 Å². The number of aryl methyl sites for hydroxylation is 1. The monoisotopic (exact) mass is 381 g/mol. The quantitative estimate of drug-likeness (QED) is 0.582. The molecule has 0 amide bonds. The van der Waals surface area contributed by atoms with E-state index in [2.05, 4.69) is 16.0 Å². The summed E-state index contributed by atoms with van der Waals surface area (Å²) in [5, 5.41) is 10.1. The van der Waals surface area contributed by atoms with Gasteiger partial charge in [-0.05, 0) is 48.9 Å². The number of benzene rings is 1. The van der Waals surface area contributed by atoms with Crippen LogP contribution in [0, 0.1) is 18.3 Å². The van der Waals surface area contributed by atoms with Crippen molar-refractivity contribution in [3.8, 4) is 28.5 Å². The molecule has 1 aromatic carbocycles. The van der Waals surface area contributed by atoms with E-state index < -0.39 is 0 Å². The first-order valence-corrected chi connectivity index (χ1v) is 9.15. The molecule has 3 heterocycles. The maximum absolute atomic E-state index is 11.8. The molecule has 0 unspecified atom stereocenters. The van der Waals surface area contributed by atoms with Crippen LogP contribution >= 0.6 is 0 Å². The van der Waals surface area contributed by atoms with Crippen molar-refractivity contribution in [2.45, 2.75) is 6.92 Å². The van der Waals surface area contributed by atoms with Gasteiger partial charge in [0.05, 0.1) is 17.3 Å². The number of nitrogens with zero attached hydrogens (tertiary/aromatic N) is 4. The Labute approximate surface area is 168 Å². The number of aromatic amines is 1. The average molecular weight is 381 g/mol. The van der Waals surface area contributed by atoms with Gasteiger partial charge in [0.1, 0.15) is 11.5 Å². The Hall–Kier alpha value is -3.98. The molecule has 0 aliphatic rings. The van der Waals surface area contributed by atoms with Crippen LogP contribution < -0.4 is 10.5 Å². The van der Waals surface area contributed by atoms with Gasteiger partial charge in [0.25, 0.3) is 0 Å². The van der Waals surface area contributed by atoms with Crippen molar-refractivity contribution in [2.75, 3.05) is 19.0 Å². The fourth-order valence-corrected chi connectivity index (χ4v) is 3.29. The van der Waals surface area contributed by atoms with Crippen LogP contribution in [0.4, 0.5) is 5.82 Å². The number of H-pyrrole nitrogens is 1. The Kier molecular flexibility index (Phi) is 4.57. The number of nitrogens with one attached hydrogen (secondary N) is 1. The first-order valence-electron chi connectivity index (χ1n) is 9.15. The fraction of sp³-hybridized carbons (Fsp3) is 0.130. The zero-order chi connectivity index (χ0) is 20.5. The van der Waals surface area contributed by atoms with Gasteiger partial charge in [-0.25, -0.2) is 9.97 Å². The number of pyridine rings is 3. The van der Waals surface area contributed by atoms with Crippen LogP contribution in [0.25, 0.3) is 33.4 Å². The minimum atomic E-state index is -0.205.